The van der Waals surface area contributed by atoms with Crippen LogP contribution in [0, 0.1) is 6.92 Å². The van der Waals surface area contributed by atoms with E-state index in [9.17, 15) is 9.59 Å². The van der Waals surface area contributed by atoms with E-state index < -0.39 is 12.1 Å². The molecule has 0 saturated heterocycles. The highest BCUT2D eigenvalue weighted by Gasteiger charge is 2.29. The third kappa shape index (κ3) is 6.81. The van der Waals surface area contributed by atoms with Crippen LogP contribution in [0.3, 0.4) is 0 Å². The van der Waals surface area contributed by atoms with Crippen molar-refractivity contribution in [3.05, 3.63) is 160 Å². The minimum atomic E-state index is -0.508. The molecule has 0 aliphatic heterocycles. The predicted octanol–water partition coefficient (Wildman–Crippen LogP) is 7.97. The molecule has 6 rings (SSSR count). The van der Waals surface area contributed by atoms with E-state index in [1.807, 2.05) is 54.6 Å². The van der Waals surface area contributed by atoms with Crippen molar-refractivity contribution in [2.45, 2.75) is 32.6 Å². The lowest BCUT2D eigenvalue weighted by molar-refractivity contribution is 0.0472. The van der Waals surface area contributed by atoms with Crippen LogP contribution >= 0.6 is 0 Å². The van der Waals surface area contributed by atoms with Crippen molar-refractivity contribution in [2.75, 3.05) is 6.61 Å². The fraction of sp³-hybridized carbons (Fsp3) is 0.158. The minimum absolute atomic E-state index is 0.00588. The summed E-state index contributed by atoms with van der Waals surface area (Å²) in [6, 6.07) is 39.2. The van der Waals surface area contributed by atoms with E-state index in [-0.39, 0.29) is 25.7 Å². The van der Waals surface area contributed by atoms with E-state index in [2.05, 4.69) is 60.8 Å². The average Bonchev–Trinajstić information content (AvgIpc) is 3.39. The highest BCUT2D eigenvalue weighted by Crippen LogP contribution is 2.44. The minimum Gasteiger partial charge on any atom is -0.489 e. The van der Waals surface area contributed by atoms with Gasteiger partial charge in [0.2, 0.25) is 0 Å². The van der Waals surface area contributed by atoms with Gasteiger partial charge in [-0.05, 0) is 70.1 Å². The first-order chi connectivity index (χ1) is 21.5. The molecular formula is C38H33NO5. The molecule has 220 valence electrons. The molecule has 0 bridgehead atoms. The van der Waals surface area contributed by atoms with Crippen molar-refractivity contribution in [3.8, 4) is 16.9 Å². The quantitative estimate of drug-likeness (QED) is 0.169. The van der Waals surface area contributed by atoms with E-state index in [4.69, 9.17) is 14.2 Å². The van der Waals surface area contributed by atoms with Crippen molar-refractivity contribution >= 4 is 12.1 Å². The van der Waals surface area contributed by atoms with Gasteiger partial charge in [0.15, 0.2) is 0 Å². The van der Waals surface area contributed by atoms with Crippen LogP contribution in [0.25, 0.3) is 11.1 Å². The largest absolute Gasteiger partial charge is 0.489 e. The molecule has 0 unspecified atom stereocenters. The number of amides is 1. The molecule has 1 amide bonds. The van der Waals surface area contributed by atoms with Crippen LogP contribution in [0.2, 0.25) is 0 Å². The lowest BCUT2D eigenvalue weighted by Crippen LogP contribution is -2.25. The summed E-state index contributed by atoms with van der Waals surface area (Å²) in [5.41, 5.74) is 9.03. The smallest absolute Gasteiger partial charge is 0.407 e. The molecule has 0 heterocycles. The van der Waals surface area contributed by atoms with Crippen molar-refractivity contribution in [1.82, 2.24) is 5.32 Å². The van der Waals surface area contributed by atoms with E-state index >= 15 is 0 Å². The third-order valence-corrected chi connectivity index (χ3v) is 7.76. The number of rotatable bonds is 10. The Morgan fingerprint density at radius 3 is 2.00 bits per heavy atom. The number of carbonyl (C=O) groups is 2. The molecule has 0 fully saturated rings. The Morgan fingerprint density at radius 1 is 0.659 bits per heavy atom. The van der Waals surface area contributed by atoms with E-state index in [0.717, 1.165) is 33.6 Å². The molecule has 5 aromatic rings. The third-order valence-electron chi connectivity index (χ3n) is 7.76. The van der Waals surface area contributed by atoms with Gasteiger partial charge in [-0.25, -0.2) is 9.59 Å². The maximum absolute atomic E-state index is 12.8. The number of fused-ring (bicyclic) bond motifs is 3. The summed E-state index contributed by atoms with van der Waals surface area (Å²) in [4.78, 5) is 25.3. The molecule has 1 aliphatic carbocycles. The Hall–Kier alpha value is -5.36. The number of benzene rings is 5. The standard InChI is InChI=1S/C38H33NO5/c1-26-13-15-27(16-14-26)23-42-31-19-17-28(18-20-31)24-43-37(40)30-8-6-7-29(21-30)22-39-38(41)44-25-36-34-11-4-2-9-32(34)33-10-3-5-12-35(33)36/h2-21,36H,22-25H2,1H3,(H,39,41). The van der Waals surface area contributed by atoms with Gasteiger partial charge in [-0.2, -0.15) is 0 Å². The summed E-state index contributed by atoms with van der Waals surface area (Å²) in [6.07, 6.45) is -0.508. The van der Waals surface area contributed by atoms with E-state index in [1.54, 1.807) is 18.2 Å². The van der Waals surface area contributed by atoms with Gasteiger partial charge >= 0.3 is 12.1 Å². The summed E-state index contributed by atoms with van der Waals surface area (Å²) >= 11 is 0. The lowest BCUT2D eigenvalue weighted by Gasteiger charge is -2.14. The van der Waals surface area contributed by atoms with E-state index in [1.165, 1.54) is 16.7 Å². The highest BCUT2D eigenvalue weighted by molar-refractivity contribution is 5.89. The van der Waals surface area contributed by atoms with Gasteiger partial charge in [0.1, 0.15) is 25.6 Å². The summed E-state index contributed by atoms with van der Waals surface area (Å²) in [7, 11) is 0. The van der Waals surface area contributed by atoms with Gasteiger partial charge in [0.25, 0.3) is 0 Å². The number of hydrogen-bond acceptors (Lipinski definition) is 5. The topological polar surface area (TPSA) is 73.9 Å². The highest BCUT2D eigenvalue weighted by atomic mass is 16.5. The lowest BCUT2D eigenvalue weighted by atomic mass is 9.98. The summed E-state index contributed by atoms with van der Waals surface area (Å²) in [5.74, 6) is 0.304. The van der Waals surface area contributed by atoms with Gasteiger partial charge in [-0.3, -0.25) is 0 Å². The van der Waals surface area contributed by atoms with Gasteiger partial charge in [-0.1, -0.05) is 103 Å². The Balaban J connectivity index is 0.965. The van der Waals surface area contributed by atoms with Crippen molar-refractivity contribution < 1.29 is 23.8 Å². The molecule has 44 heavy (non-hydrogen) atoms. The number of esters is 1. The summed E-state index contributed by atoms with van der Waals surface area (Å²) < 4.78 is 17.0. The molecule has 5 aromatic carbocycles. The van der Waals surface area contributed by atoms with Crippen LogP contribution in [0.5, 0.6) is 5.75 Å². The first-order valence-electron chi connectivity index (χ1n) is 14.7. The molecule has 0 saturated carbocycles. The number of aryl methyl sites for hydroxylation is 1. The number of alkyl carbamates (subject to hydrolysis) is 1. The molecule has 0 atom stereocenters. The second kappa shape index (κ2) is 13.3. The molecule has 1 N–H and O–H groups in total. The molecule has 6 nitrogen and oxygen atoms in total. The van der Waals surface area contributed by atoms with Crippen LogP contribution in [0.1, 0.15) is 49.7 Å². The maximum atomic E-state index is 12.8. The zero-order chi connectivity index (χ0) is 30.3. The number of carbonyl (C=O) groups excluding carboxylic acids is 2. The normalized spacial score (nSPS) is 11.8. The van der Waals surface area contributed by atoms with Crippen LogP contribution in [0.4, 0.5) is 4.79 Å². The molecule has 0 aromatic heterocycles. The van der Waals surface area contributed by atoms with Gasteiger partial charge < -0.3 is 19.5 Å². The fourth-order valence-corrected chi connectivity index (χ4v) is 5.40. The van der Waals surface area contributed by atoms with Crippen LogP contribution < -0.4 is 10.1 Å². The van der Waals surface area contributed by atoms with Crippen LogP contribution in [0.15, 0.2) is 121 Å². The van der Waals surface area contributed by atoms with E-state index in [0.29, 0.717) is 12.2 Å². The SMILES string of the molecule is Cc1ccc(COc2ccc(COC(=O)c3cccc(CNC(=O)OCC4c5ccccc5-c5ccccc54)c3)cc2)cc1. The Kier molecular flexibility index (Phi) is 8.69. The molecule has 1 aliphatic rings. The Bertz CT molecular complexity index is 1720. The van der Waals surface area contributed by atoms with Crippen molar-refractivity contribution in [2.24, 2.45) is 0 Å². The second-order valence-electron chi connectivity index (χ2n) is 10.9. The Labute approximate surface area is 257 Å². The predicted molar refractivity (Wildman–Crippen MR) is 169 cm³/mol. The zero-order valence-electron chi connectivity index (χ0n) is 24.5. The first-order valence-corrected chi connectivity index (χ1v) is 14.7. The zero-order valence-corrected chi connectivity index (χ0v) is 24.5. The summed E-state index contributed by atoms with van der Waals surface area (Å²) in [5, 5.41) is 2.80. The van der Waals surface area contributed by atoms with Crippen molar-refractivity contribution in [3.63, 3.8) is 0 Å². The number of hydrogen-bond donors (Lipinski definition) is 1. The molecular weight excluding hydrogens is 550 g/mol. The van der Waals surface area contributed by atoms with Crippen LogP contribution in [-0.4, -0.2) is 18.7 Å². The van der Waals surface area contributed by atoms with Crippen LogP contribution in [-0.2, 0) is 29.2 Å². The fourth-order valence-electron chi connectivity index (χ4n) is 5.40. The Morgan fingerprint density at radius 2 is 1.30 bits per heavy atom. The molecule has 6 heteroatoms. The maximum Gasteiger partial charge on any atom is 0.407 e. The van der Waals surface area contributed by atoms with Gasteiger partial charge in [0, 0.05) is 12.5 Å². The second-order valence-corrected chi connectivity index (χ2v) is 10.9. The van der Waals surface area contributed by atoms with Gasteiger partial charge in [-0.15, -0.1) is 0 Å². The average molecular weight is 584 g/mol. The van der Waals surface area contributed by atoms with Crippen molar-refractivity contribution in [1.29, 1.82) is 0 Å². The first kappa shape index (κ1) is 28.7. The number of ether oxygens (including phenoxy) is 3. The number of nitrogens with one attached hydrogen (secondary N) is 1. The summed E-state index contributed by atoms with van der Waals surface area (Å²) in [6.45, 7) is 3.15. The molecule has 0 spiro atoms. The monoisotopic (exact) mass is 583 g/mol. The van der Waals surface area contributed by atoms with Gasteiger partial charge in [0.05, 0.1) is 5.56 Å². The molecule has 0 radical (unpaired) electrons.